The maximum Gasteiger partial charge on any atom is 0.0482 e. The first kappa shape index (κ1) is 15.2. The largest absolute Gasteiger partial charge is 0.396 e. The third-order valence-corrected chi connectivity index (χ3v) is 8.03. The van der Waals surface area contributed by atoms with Gasteiger partial charge in [-0.2, -0.15) is 0 Å². The Morgan fingerprint density at radius 1 is 1.25 bits per heavy atom. The topological polar surface area (TPSA) is 26.7 Å². The fraction of sp³-hybridized carbons (Fsp3) is 0.714. The first-order valence-corrected chi connectivity index (χ1v) is 9.97. The van der Waals surface area contributed by atoms with Gasteiger partial charge < -0.3 is 10.0 Å². The smallest absolute Gasteiger partial charge is 0.0482 e. The van der Waals surface area contributed by atoms with E-state index in [0.29, 0.717) is 30.5 Å². The highest BCUT2D eigenvalue weighted by molar-refractivity contribution is 5.66. The van der Waals surface area contributed by atoms with E-state index in [1.807, 2.05) is 0 Å². The van der Waals surface area contributed by atoms with Gasteiger partial charge in [-0.25, -0.2) is 0 Å². The Bertz CT molecular complexity index is 646. The number of nitrogens with zero attached hydrogens (tertiary/aromatic N) is 2. The van der Waals surface area contributed by atoms with Gasteiger partial charge in [0.2, 0.25) is 0 Å². The molecule has 1 saturated carbocycles. The lowest BCUT2D eigenvalue weighted by molar-refractivity contribution is -0.0420. The summed E-state index contributed by atoms with van der Waals surface area (Å²) in [5, 5.41) is 10.4. The molecule has 0 amide bonds. The van der Waals surface area contributed by atoms with E-state index in [2.05, 4.69) is 47.9 Å². The first-order chi connectivity index (χ1) is 11.8. The molecule has 3 aliphatic heterocycles. The number of piperidine rings is 1. The third-order valence-electron chi connectivity index (χ3n) is 8.03. The van der Waals surface area contributed by atoms with Crippen molar-refractivity contribution in [3.63, 3.8) is 0 Å². The molecule has 2 saturated heterocycles. The van der Waals surface area contributed by atoms with Crippen molar-refractivity contribution in [3.05, 3.63) is 29.8 Å². The monoisotopic (exact) mass is 326 g/mol. The molecular formula is C21H30N2O. The Morgan fingerprint density at radius 3 is 2.83 bits per heavy atom. The number of rotatable bonds is 3. The summed E-state index contributed by atoms with van der Waals surface area (Å²) in [7, 11) is 0. The molecule has 1 spiro atoms. The van der Waals surface area contributed by atoms with E-state index >= 15 is 0 Å². The molecule has 3 heterocycles. The molecule has 3 fully saturated rings. The highest BCUT2D eigenvalue weighted by Crippen LogP contribution is 2.63. The van der Waals surface area contributed by atoms with Crippen LogP contribution in [-0.4, -0.2) is 48.3 Å². The van der Waals surface area contributed by atoms with Gasteiger partial charge in [0.15, 0.2) is 0 Å². The highest BCUT2D eigenvalue weighted by Gasteiger charge is 2.67. The molecule has 24 heavy (non-hydrogen) atoms. The predicted octanol–water partition coefficient (Wildman–Crippen LogP) is 2.88. The van der Waals surface area contributed by atoms with E-state index in [1.54, 1.807) is 5.56 Å². The Balaban J connectivity index is 1.71. The minimum absolute atomic E-state index is 0.259. The molecule has 5 rings (SSSR count). The zero-order valence-electron chi connectivity index (χ0n) is 15.0. The minimum atomic E-state index is 0.259. The molecular weight excluding hydrogens is 296 g/mol. The second kappa shape index (κ2) is 5.22. The van der Waals surface area contributed by atoms with Gasteiger partial charge in [0.25, 0.3) is 0 Å². The maximum atomic E-state index is 10.4. The number of fused-ring (bicyclic) bond motifs is 2. The molecule has 1 aromatic carbocycles. The van der Waals surface area contributed by atoms with Crippen molar-refractivity contribution in [1.82, 2.24) is 4.90 Å². The van der Waals surface area contributed by atoms with Crippen LogP contribution in [-0.2, 0) is 5.41 Å². The Kier molecular flexibility index (Phi) is 3.31. The number of hydrogen-bond donors (Lipinski definition) is 1. The second-order valence-electron chi connectivity index (χ2n) is 8.46. The van der Waals surface area contributed by atoms with Crippen molar-refractivity contribution >= 4 is 5.69 Å². The molecule has 4 aliphatic rings. The summed E-state index contributed by atoms with van der Waals surface area (Å²) >= 11 is 0. The molecule has 0 unspecified atom stereocenters. The van der Waals surface area contributed by atoms with Gasteiger partial charge in [0.05, 0.1) is 0 Å². The summed E-state index contributed by atoms with van der Waals surface area (Å²) in [6, 6.07) is 10.3. The van der Waals surface area contributed by atoms with E-state index in [-0.39, 0.29) is 5.41 Å². The lowest BCUT2D eigenvalue weighted by Gasteiger charge is -2.58. The van der Waals surface area contributed by atoms with Crippen molar-refractivity contribution < 1.29 is 5.11 Å². The summed E-state index contributed by atoms with van der Waals surface area (Å²) in [5.41, 5.74) is 3.29. The maximum absolute atomic E-state index is 10.4. The number of aliphatic hydroxyl groups excluding tert-OH is 1. The van der Waals surface area contributed by atoms with Crippen LogP contribution in [0, 0.1) is 17.8 Å². The second-order valence-corrected chi connectivity index (χ2v) is 8.46. The lowest BCUT2D eigenvalue weighted by Crippen LogP contribution is -2.66. The Hall–Kier alpha value is -1.06. The Labute approximate surface area is 145 Å². The normalized spacial score (nSPS) is 43.0. The zero-order chi connectivity index (χ0) is 16.5. The number of anilines is 1. The SMILES string of the molecule is CC[C@@H]1CN2CC[C@]34c5ccccc5N(CC)[C@H]3[C@@H](CO)[C@H]1C[C@H]24. The zero-order valence-corrected chi connectivity index (χ0v) is 15.0. The van der Waals surface area contributed by atoms with Crippen LogP contribution < -0.4 is 4.90 Å². The summed E-state index contributed by atoms with van der Waals surface area (Å²) < 4.78 is 0. The molecule has 0 aromatic heterocycles. The van der Waals surface area contributed by atoms with E-state index in [1.165, 1.54) is 38.0 Å². The molecule has 1 aliphatic carbocycles. The van der Waals surface area contributed by atoms with Gasteiger partial charge in [0, 0.05) is 48.8 Å². The van der Waals surface area contributed by atoms with E-state index in [4.69, 9.17) is 0 Å². The van der Waals surface area contributed by atoms with Gasteiger partial charge in [-0.1, -0.05) is 31.5 Å². The molecule has 1 N–H and O–H groups in total. The standard InChI is InChI=1S/C21H30N2O/c1-3-14-12-22-10-9-21-17-7-5-6-8-18(17)23(4-2)20(21)16(13-24)15(14)11-19(21)22/h5-8,14-16,19-20,24H,3-4,9-13H2,1-2H3/t14-,15+,16+,19+,20+,21-/m1/s1. The van der Waals surface area contributed by atoms with Crippen LogP contribution in [0.4, 0.5) is 5.69 Å². The predicted molar refractivity (Wildman–Crippen MR) is 97.4 cm³/mol. The van der Waals surface area contributed by atoms with E-state index in [0.717, 1.165) is 12.5 Å². The molecule has 1 aromatic rings. The van der Waals surface area contributed by atoms with Crippen molar-refractivity contribution in [2.45, 2.75) is 50.6 Å². The van der Waals surface area contributed by atoms with Gasteiger partial charge in [-0.3, -0.25) is 4.90 Å². The number of benzene rings is 1. The molecule has 6 atom stereocenters. The summed E-state index contributed by atoms with van der Waals surface area (Å²) in [5.74, 6) is 1.89. The van der Waals surface area contributed by atoms with Crippen LogP contribution in [0.2, 0.25) is 0 Å². The fourth-order valence-electron chi connectivity index (χ4n) is 7.21. The average Bonchev–Trinajstić information content (AvgIpc) is 3.15. The lowest BCUT2D eigenvalue weighted by atomic mass is 9.54. The molecule has 130 valence electrons. The minimum Gasteiger partial charge on any atom is -0.396 e. The third kappa shape index (κ3) is 1.61. The van der Waals surface area contributed by atoms with Gasteiger partial charge in [-0.05, 0) is 49.8 Å². The molecule has 3 nitrogen and oxygen atoms in total. The molecule has 3 heteroatoms. The van der Waals surface area contributed by atoms with Crippen LogP contribution in [0.25, 0.3) is 0 Å². The van der Waals surface area contributed by atoms with Crippen LogP contribution in [0.3, 0.4) is 0 Å². The van der Waals surface area contributed by atoms with Crippen molar-refractivity contribution in [2.75, 3.05) is 31.1 Å². The Morgan fingerprint density at radius 2 is 2.08 bits per heavy atom. The quantitative estimate of drug-likeness (QED) is 0.925. The van der Waals surface area contributed by atoms with Crippen LogP contribution in [0.15, 0.2) is 24.3 Å². The molecule has 2 bridgehead atoms. The van der Waals surface area contributed by atoms with Crippen molar-refractivity contribution in [1.29, 1.82) is 0 Å². The van der Waals surface area contributed by atoms with Crippen LogP contribution in [0.5, 0.6) is 0 Å². The number of hydrogen-bond acceptors (Lipinski definition) is 3. The van der Waals surface area contributed by atoms with Crippen LogP contribution >= 0.6 is 0 Å². The van der Waals surface area contributed by atoms with Gasteiger partial charge >= 0.3 is 0 Å². The summed E-state index contributed by atoms with van der Waals surface area (Å²) in [6.45, 7) is 8.54. The highest BCUT2D eigenvalue weighted by atomic mass is 16.3. The number of para-hydroxylation sites is 1. The average molecular weight is 326 g/mol. The summed E-state index contributed by atoms with van der Waals surface area (Å²) in [4.78, 5) is 5.46. The fourth-order valence-corrected chi connectivity index (χ4v) is 7.21. The van der Waals surface area contributed by atoms with E-state index in [9.17, 15) is 5.11 Å². The number of aliphatic hydroxyl groups is 1. The van der Waals surface area contributed by atoms with E-state index < -0.39 is 0 Å². The van der Waals surface area contributed by atoms with Crippen molar-refractivity contribution in [3.8, 4) is 0 Å². The van der Waals surface area contributed by atoms with Gasteiger partial charge in [0.1, 0.15) is 0 Å². The van der Waals surface area contributed by atoms with Crippen molar-refractivity contribution in [2.24, 2.45) is 17.8 Å². The molecule has 0 radical (unpaired) electrons. The van der Waals surface area contributed by atoms with Gasteiger partial charge in [-0.15, -0.1) is 0 Å². The first-order valence-electron chi connectivity index (χ1n) is 9.97. The summed E-state index contributed by atoms with van der Waals surface area (Å²) in [6.07, 6.45) is 3.82. The number of likely N-dealkylation sites (N-methyl/N-ethyl adjacent to an activating group) is 1. The van der Waals surface area contributed by atoms with Crippen LogP contribution in [0.1, 0.15) is 38.7 Å².